The Labute approximate surface area is 134 Å². The number of ether oxygens (including phenoxy) is 1. The topological polar surface area (TPSA) is 101 Å². The van der Waals surface area contributed by atoms with Gasteiger partial charge in [0.05, 0.1) is 12.3 Å². The van der Waals surface area contributed by atoms with Crippen molar-refractivity contribution in [2.75, 3.05) is 13.2 Å². The Hall–Kier alpha value is -2.45. The van der Waals surface area contributed by atoms with Crippen LogP contribution in [0.15, 0.2) is 53.2 Å². The normalized spacial score (nSPS) is 11.1. The third-order valence-electron chi connectivity index (χ3n) is 2.94. The molecule has 7 nitrogen and oxygen atoms in total. The Morgan fingerprint density at radius 2 is 1.96 bits per heavy atom. The second-order valence-corrected chi connectivity index (χ2v) is 6.35. The van der Waals surface area contributed by atoms with Crippen LogP contribution in [0.1, 0.15) is 6.42 Å². The van der Waals surface area contributed by atoms with Gasteiger partial charge in [0.25, 0.3) is 5.56 Å². The van der Waals surface area contributed by atoms with E-state index in [-0.39, 0.29) is 12.1 Å². The Balaban J connectivity index is 1.82. The Bertz CT molecular complexity index is 793. The van der Waals surface area contributed by atoms with Crippen molar-refractivity contribution in [3.8, 4) is 17.0 Å². The van der Waals surface area contributed by atoms with Crippen LogP contribution in [0.2, 0.25) is 0 Å². The average molecular weight is 335 g/mol. The van der Waals surface area contributed by atoms with E-state index in [2.05, 4.69) is 21.5 Å². The molecule has 0 atom stereocenters. The van der Waals surface area contributed by atoms with Gasteiger partial charge in [0.1, 0.15) is 5.75 Å². The summed E-state index contributed by atoms with van der Waals surface area (Å²) in [7, 11) is -3.38. The number of aromatic nitrogens is 2. The lowest BCUT2D eigenvalue weighted by Gasteiger charge is -2.07. The zero-order chi connectivity index (χ0) is 16.7. The zero-order valence-electron chi connectivity index (χ0n) is 12.4. The number of sulfonamides is 1. The molecule has 2 N–H and O–H groups in total. The fourth-order valence-electron chi connectivity index (χ4n) is 1.76. The molecule has 0 spiro atoms. The fraction of sp³-hybridized carbons (Fsp3) is 0.200. The smallest absolute Gasteiger partial charge is 0.264 e. The summed E-state index contributed by atoms with van der Waals surface area (Å²) in [6, 6.07) is 10.3. The second kappa shape index (κ2) is 7.70. The van der Waals surface area contributed by atoms with Crippen molar-refractivity contribution in [1.82, 2.24) is 14.9 Å². The van der Waals surface area contributed by atoms with Crippen LogP contribution < -0.4 is 15.0 Å². The highest BCUT2D eigenvalue weighted by Crippen LogP contribution is 2.19. The summed E-state index contributed by atoms with van der Waals surface area (Å²) < 4.78 is 30.1. The van der Waals surface area contributed by atoms with E-state index in [4.69, 9.17) is 4.74 Å². The van der Waals surface area contributed by atoms with Gasteiger partial charge in [-0.3, -0.25) is 4.79 Å². The highest BCUT2D eigenvalue weighted by Gasteiger charge is 2.03. The first-order valence-electron chi connectivity index (χ1n) is 6.91. The van der Waals surface area contributed by atoms with E-state index in [1.54, 1.807) is 18.2 Å². The van der Waals surface area contributed by atoms with Gasteiger partial charge >= 0.3 is 0 Å². The maximum absolute atomic E-state index is 11.1. The molecule has 0 aliphatic carbocycles. The second-order valence-electron chi connectivity index (χ2n) is 4.64. The van der Waals surface area contributed by atoms with Crippen molar-refractivity contribution < 1.29 is 13.2 Å². The summed E-state index contributed by atoms with van der Waals surface area (Å²) in [5.74, 6) is 0.671. The summed E-state index contributed by atoms with van der Waals surface area (Å²) in [5, 5.41) is 7.20. The molecule has 0 fully saturated rings. The number of hydrogen-bond donors (Lipinski definition) is 2. The van der Waals surface area contributed by atoms with E-state index in [1.165, 1.54) is 6.07 Å². The average Bonchev–Trinajstić information content (AvgIpc) is 2.56. The summed E-state index contributed by atoms with van der Waals surface area (Å²) in [6.45, 7) is 3.88. The molecule has 0 unspecified atom stereocenters. The zero-order valence-corrected chi connectivity index (χ0v) is 13.2. The van der Waals surface area contributed by atoms with Crippen molar-refractivity contribution >= 4 is 10.0 Å². The Morgan fingerprint density at radius 3 is 2.57 bits per heavy atom. The molecule has 1 aromatic carbocycles. The first-order chi connectivity index (χ1) is 11.0. The van der Waals surface area contributed by atoms with Crippen LogP contribution in [0.4, 0.5) is 0 Å². The molecule has 0 saturated heterocycles. The van der Waals surface area contributed by atoms with Crippen molar-refractivity contribution in [2.24, 2.45) is 0 Å². The molecule has 0 saturated carbocycles. The molecule has 1 heterocycles. The molecule has 8 heteroatoms. The minimum Gasteiger partial charge on any atom is -0.494 e. The lowest BCUT2D eigenvalue weighted by atomic mass is 10.1. The van der Waals surface area contributed by atoms with E-state index in [1.807, 2.05) is 12.1 Å². The lowest BCUT2D eigenvalue weighted by Crippen LogP contribution is -2.23. The lowest BCUT2D eigenvalue weighted by molar-refractivity contribution is 0.311. The molecule has 0 amide bonds. The molecular weight excluding hydrogens is 318 g/mol. The van der Waals surface area contributed by atoms with Gasteiger partial charge in [0, 0.05) is 23.6 Å². The van der Waals surface area contributed by atoms with Crippen LogP contribution in [0.3, 0.4) is 0 Å². The van der Waals surface area contributed by atoms with E-state index in [0.717, 1.165) is 11.0 Å². The van der Waals surface area contributed by atoms with E-state index < -0.39 is 10.0 Å². The van der Waals surface area contributed by atoms with Crippen LogP contribution in [0.25, 0.3) is 11.3 Å². The number of H-pyrrole nitrogens is 1. The molecular formula is C15H17N3O4S. The van der Waals surface area contributed by atoms with Crippen LogP contribution in [0.5, 0.6) is 5.75 Å². The number of nitrogens with zero attached hydrogens (tertiary/aromatic N) is 1. The summed E-state index contributed by atoms with van der Waals surface area (Å²) in [5.41, 5.74) is 1.27. The van der Waals surface area contributed by atoms with Gasteiger partial charge in [-0.25, -0.2) is 18.2 Å². The van der Waals surface area contributed by atoms with Gasteiger partial charge in [-0.15, -0.1) is 0 Å². The predicted molar refractivity (Wildman–Crippen MR) is 87.5 cm³/mol. The van der Waals surface area contributed by atoms with Crippen LogP contribution in [-0.2, 0) is 10.0 Å². The van der Waals surface area contributed by atoms with Crippen molar-refractivity contribution in [3.05, 3.63) is 58.7 Å². The van der Waals surface area contributed by atoms with Crippen molar-refractivity contribution in [1.29, 1.82) is 0 Å². The highest BCUT2D eigenvalue weighted by molar-refractivity contribution is 7.92. The number of aromatic amines is 1. The van der Waals surface area contributed by atoms with Crippen molar-refractivity contribution in [2.45, 2.75) is 6.42 Å². The Kier molecular flexibility index (Phi) is 5.67. The monoisotopic (exact) mass is 335 g/mol. The minimum atomic E-state index is -3.38. The van der Waals surface area contributed by atoms with Crippen LogP contribution in [0, 0.1) is 0 Å². The number of benzene rings is 1. The highest BCUT2D eigenvalue weighted by atomic mass is 32.2. The Morgan fingerprint density at radius 1 is 1.22 bits per heavy atom. The summed E-state index contributed by atoms with van der Waals surface area (Å²) in [6.07, 6.45) is 0.538. The van der Waals surface area contributed by atoms with Crippen LogP contribution >= 0.6 is 0 Å². The van der Waals surface area contributed by atoms with E-state index in [9.17, 15) is 13.2 Å². The predicted octanol–water partition coefficient (Wildman–Crippen LogP) is 1.27. The van der Waals surface area contributed by atoms with Gasteiger partial charge in [-0.2, -0.15) is 5.10 Å². The van der Waals surface area contributed by atoms with Gasteiger partial charge in [0.2, 0.25) is 10.0 Å². The first-order valence-corrected chi connectivity index (χ1v) is 8.46. The number of rotatable bonds is 8. The van der Waals surface area contributed by atoms with Gasteiger partial charge in [-0.05, 0) is 36.8 Å². The molecule has 0 radical (unpaired) electrons. The maximum Gasteiger partial charge on any atom is 0.264 e. The summed E-state index contributed by atoms with van der Waals surface area (Å²) >= 11 is 0. The van der Waals surface area contributed by atoms with Gasteiger partial charge < -0.3 is 4.74 Å². The minimum absolute atomic E-state index is 0.249. The third-order valence-corrected chi connectivity index (χ3v) is 3.99. The fourth-order valence-corrected chi connectivity index (χ4v) is 2.31. The summed E-state index contributed by atoms with van der Waals surface area (Å²) in [4.78, 5) is 11.0. The van der Waals surface area contributed by atoms with Crippen molar-refractivity contribution in [3.63, 3.8) is 0 Å². The first kappa shape index (κ1) is 16.9. The SMILES string of the molecule is C=CS(=O)(=O)NCCCOc1ccc(-c2ccc(=O)[nH]n2)cc1. The van der Waals surface area contributed by atoms with Gasteiger partial charge in [0.15, 0.2) is 0 Å². The molecule has 2 rings (SSSR count). The number of nitrogens with one attached hydrogen (secondary N) is 2. The van der Waals surface area contributed by atoms with Gasteiger partial charge in [-0.1, -0.05) is 6.58 Å². The largest absolute Gasteiger partial charge is 0.494 e. The molecule has 122 valence electrons. The molecule has 1 aromatic heterocycles. The molecule has 0 bridgehead atoms. The molecule has 0 aliphatic heterocycles. The maximum atomic E-state index is 11.1. The number of hydrogen-bond acceptors (Lipinski definition) is 5. The van der Waals surface area contributed by atoms with Crippen LogP contribution in [-0.4, -0.2) is 31.8 Å². The molecule has 2 aromatic rings. The molecule has 23 heavy (non-hydrogen) atoms. The third kappa shape index (κ3) is 5.35. The van der Waals surface area contributed by atoms with E-state index in [0.29, 0.717) is 24.5 Å². The molecule has 0 aliphatic rings. The van der Waals surface area contributed by atoms with E-state index >= 15 is 0 Å². The standard InChI is InChI=1S/C15H17N3O4S/c1-2-23(20,21)16-10-3-11-22-13-6-4-12(5-7-13)14-8-9-15(19)18-17-14/h2,4-9,16H,1,3,10-11H2,(H,18,19). The quantitative estimate of drug-likeness (QED) is 0.708.